The number of rotatable bonds is 6. The first kappa shape index (κ1) is 21.4. The van der Waals surface area contributed by atoms with E-state index in [4.69, 9.17) is 14.6 Å². The molecule has 2 aromatic carbocycles. The molecular weight excluding hydrogens is 414 g/mol. The first-order valence-corrected chi connectivity index (χ1v) is 11.8. The molecule has 7 nitrogen and oxygen atoms in total. The smallest absolute Gasteiger partial charge is 0.243 e. The summed E-state index contributed by atoms with van der Waals surface area (Å²) < 4.78 is 41.1. The van der Waals surface area contributed by atoms with Crippen molar-refractivity contribution in [1.29, 1.82) is 0 Å². The van der Waals surface area contributed by atoms with Gasteiger partial charge in [0, 0.05) is 18.7 Å². The van der Waals surface area contributed by atoms with Gasteiger partial charge in [0.15, 0.2) is 11.5 Å². The van der Waals surface area contributed by atoms with E-state index in [1.165, 1.54) is 0 Å². The Morgan fingerprint density at radius 3 is 2.52 bits per heavy atom. The second-order valence-corrected chi connectivity index (χ2v) is 9.37. The van der Waals surface area contributed by atoms with Gasteiger partial charge in [-0.25, -0.2) is 8.42 Å². The Morgan fingerprint density at radius 2 is 1.77 bits per heavy atom. The van der Waals surface area contributed by atoms with E-state index in [0.717, 1.165) is 22.5 Å². The molecule has 0 radical (unpaired) electrons. The van der Waals surface area contributed by atoms with Crippen LogP contribution < -0.4 is 9.47 Å². The van der Waals surface area contributed by atoms with E-state index >= 15 is 0 Å². The minimum Gasteiger partial charge on any atom is -0.493 e. The topological polar surface area (TPSA) is 73.7 Å². The van der Waals surface area contributed by atoms with Crippen LogP contribution in [0.2, 0.25) is 0 Å². The van der Waals surface area contributed by atoms with Crippen LogP contribution in [0, 0.1) is 0 Å². The number of methoxy groups -OCH3 is 2. The van der Waals surface area contributed by atoms with Gasteiger partial charge in [-0.15, -0.1) is 0 Å². The van der Waals surface area contributed by atoms with E-state index in [9.17, 15) is 8.42 Å². The number of sulfonamides is 1. The summed E-state index contributed by atoms with van der Waals surface area (Å²) in [4.78, 5) is 0.394. The number of aryl methyl sites for hydroxylation is 2. The van der Waals surface area contributed by atoms with Crippen molar-refractivity contribution >= 4 is 10.0 Å². The van der Waals surface area contributed by atoms with Crippen LogP contribution in [0.15, 0.2) is 53.4 Å². The molecule has 0 saturated carbocycles. The number of fused-ring (bicyclic) bond motifs is 1. The maximum absolute atomic E-state index is 13.4. The minimum atomic E-state index is -3.59. The molecule has 0 atom stereocenters. The highest BCUT2D eigenvalue weighted by Gasteiger charge is 2.29. The predicted octanol–water partition coefficient (Wildman–Crippen LogP) is 3.72. The van der Waals surface area contributed by atoms with E-state index < -0.39 is 10.0 Å². The number of benzene rings is 2. The molecule has 0 aliphatic carbocycles. The van der Waals surface area contributed by atoms with Crippen LogP contribution in [-0.4, -0.2) is 43.3 Å². The lowest BCUT2D eigenvalue weighted by atomic mass is 10.1. The largest absolute Gasteiger partial charge is 0.493 e. The van der Waals surface area contributed by atoms with Gasteiger partial charge < -0.3 is 9.47 Å². The molecule has 8 heteroatoms. The molecule has 1 aliphatic heterocycles. The zero-order valence-corrected chi connectivity index (χ0v) is 18.9. The zero-order valence-electron chi connectivity index (χ0n) is 18.0. The Hall–Kier alpha value is -2.84. The fraction of sp³-hybridized carbons (Fsp3) is 0.348. The van der Waals surface area contributed by atoms with Gasteiger partial charge in [-0.3, -0.25) is 4.68 Å². The summed E-state index contributed by atoms with van der Waals surface area (Å²) in [6.45, 7) is 3.40. The molecule has 0 fully saturated rings. The van der Waals surface area contributed by atoms with E-state index in [-0.39, 0.29) is 0 Å². The van der Waals surface area contributed by atoms with Crippen molar-refractivity contribution in [2.24, 2.45) is 0 Å². The third kappa shape index (κ3) is 4.05. The van der Waals surface area contributed by atoms with Crippen LogP contribution >= 0.6 is 0 Å². The van der Waals surface area contributed by atoms with Crippen molar-refractivity contribution in [2.75, 3.05) is 20.8 Å². The van der Waals surface area contributed by atoms with Gasteiger partial charge in [0.1, 0.15) is 0 Å². The lowest BCUT2D eigenvalue weighted by molar-refractivity contribution is 0.355. The Kier molecular flexibility index (Phi) is 6.02. The fourth-order valence-corrected chi connectivity index (χ4v) is 5.71. The number of nitrogens with zero attached hydrogens (tertiary/aromatic N) is 3. The van der Waals surface area contributed by atoms with Crippen molar-refractivity contribution in [1.82, 2.24) is 14.1 Å². The van der Waals surface area contributed by atoms with E-state index in [1.54, 1.807) is 30.7 Å². The Balaban J connectivity index is 1.67. The molecule has 0 unspecified atom stereocenters. The molecule has 1 aromatic heterocycles. The molecule has 3 aromatic rings. The quantitative estimate of drug-likeness (QED) is 0.583. The van der Waals surface area contributed by atoms with Crippen LogP contribution in [-0.2, 0) is 29.5 Å². The van der Waals surface area contributed by atoms with Crippen LogP contribution in [0.1, 0.15) is 24.6 Å². The van der Waals surface area contributed by atoms with Gasteiger partial charge in [-0.2, -0.15) is 9.40 Å². The van der Waals surface area contributed by atoms with Crippen molar-refractivity contribution in [3.63, 3.8) is 0 Å². The molecule has 0 saturated heterocycles. The van der Waals surface area contributed by atoms with Crippen LogP contribution in [0.5, 0.6) is 11.5 Å². The Labute approximate surface area is 183 Å². The van der Waals surface area contributed by atoms with Gasteiger partial charge in [0.25, 0.3) is 0 Å². The number of aromatic nitrogens is 2. The molecule has 0 amide bonds. The molecule has 4 rings (SSSR count). The molecule has 1 aliphatic rings. The monoisotopic (exact) mass is 441 g/mol. The van der Waals surface area contributed by atoms with E-state index in [0.29, 0.717) is 48.9 Å². The lowest BCUT2D eigenvalue weighted by Crippen LogP contribution is -2.31. The Bertz CT molecular complexity index is 1190. The van der Waals surface area contributed by atoms with E-state index in [1.807, 2.05) is 48.0 Å². The van der Waals surface area contributed by atoms with E-state index in [2.05, 4.69) is 0 Å². The molecular formula is C23H27N3O4S. The average Bonchev–Trinajstić information content (AvgIpc) is 3.09. The molecule has 31 heavy (non-hydrogen) atoms. The summed E-state index contributed by atoms with van der Waals surface area (Å²) in [5.74, 6) is 1.28. The maximum atomic E-state index is 13.4. The third-order valence-electron chi connectivity index (χ3n) is 5.63. The maximum Gasteiger partial charge on any atom is 0.243 e. The summed E-state index contributed by atoms with van der Waals surface area (Å²) >= 11 is 0. The first-order chi connectivity index (χ1) is 15.0. The van der Waals surface area contributed by atoms with Crippen LogP contribution in [0.3, 0.4) is 0 Å². The van der Waals surface area contributed by atoms with Crippen molar-refractivity contribution in [3.05, 3.63) is 59.8 Å². The summed E-state index contributed by atoms with van der Waals surface area (Å²) in [5.41, 5.74) is 3.39. The normalized spacial score (nSPS) is 14.7. The summed E-state index contributed by atoms with van der Waals surface area (Å²) in [6, 6.07) is 14.9. The third-order valence-corrected chi connectivity index (χ3v) is 7.58. The van der Waals surface area contributed by atoms with Gasteiger partial charge in [-0.05, 0) is 48.7 Å². The number of hydrogen-bond acceptors (Lipinski definition) is 5. The number of hydrogen-bond donors (Lipinski definition) is 0. The summed E-state index contributed by atoms with van der Waals surface area (Å²) in [7, 11) is -0.393. The molecule has 0 N–H and O–H groups in total. The van der Waals surface area contributed by atoms with Gasteiger partial charge >= 0.3 is 0 Å². The second kappa shape index (κ2) is 8.72. The summed E-state index contributed by atoms with van der Waals surface area (Å²) in [5, 5.41) is 4.73. The highest BCUT2D eigenvalue weighted by atomic mass is 32.2. The molecule has 2 heterocycles. The minimum absolute atomic E-state index is 0.292. The standard InChI is InChI=1S/C23H27N3O4S/c1-4-17-8-5-6-9-23(17)31(27,28)25-12-7-13-26-19(16-25)15-20(24-26)18-10-11-21(29-2)22(14-18)30-3/h5-6,8-11,14-15H,4,7,12-13,16H2,1-3H3. The van der Waals surface area contributed by atoms with Crippen LogP contribution in [0.4, 0.5) is 0 Å². The molecule has 0 spiro atoms. The highest BCUT2D eigenvalue weighted by Crippen LogP contribution is 2.33. The zero-order chi connectivity index (χ0) is 22.0. The highest BCUT2D eigenvalue weighted by molar-refractivity contribution is 7.89. The Morgan fingerprint density at radius 1 is 1.00 bits per heavy atom. The van der Waals surface area contributed by atoms with Crippen molar-refractivity contribution in [2.45, 2.75) is 37.8 Å². The van der Waals surface area contributed by atoms with Crippen molar-refractivity contribution in [3.8, 4) is 22.8 Å². The van der Waals surface area contributed by atoms with Crippen LogP contribution in [0.25, 0.3) is 11.3 Å². The number of ether oxygens (including phenoxy) is 2. The van der Waals surface area contributed by atoms with Crippen molar-refractivity contribution < 1.29 is 17.9 Å². The second-order valence-electron chi connectivity index (χ2n) is 7.47. The molecule has 164 valence electrons. The first-order valence-electron chi connectivity index (χ1n) is 10.3. The van der Waals surface area contributed by atoms with Gasteiger partial charge in [0.2, 0.25) is 10.0 Å². The van der Waals surface area contributed by atoms with Gasteiger partial charge in [-0.1, -0.05) is 25.1 Å². The summed E-state index contributed by atoms with van der Waals surface area (Å²) in [6.07, 6.45) is 1.37. The average molecular weight is 442 g/mol. The molecule has 0 bridgehead atoms. The van der Waals surface area contributed by atoms with Gasteiger partial charge in [0.05, 0.1) is 37.0 Å². The lowest BCUT2D eigenvalue weighted by Gasteiger charge is -2.21. The SMILES string of the molecule is CCc1ccccc1S(=O)(=O)N1CCCn2nc(-c3ccc(OC)c(OC)c3)cc2C1. The fourth-order valence-electron chi connectivity index (χ4n) is 3.96. The predicted molar refractivity (Wildman–Crippen MR) is 119 cm³/mol.